The predicted molar refractivity (Wildman–Crippen MR) is 107 cm³/mol. The molecule has 4 aromatic rings. The Bertz CT molecular complexity index is 1040. The maximum absolute atomic E-state index is 12.2. The molecule has 0 aliphatic carbocycles. The fourth-order valence-corrected chi connectivity index (χ4v) is 3.77. The van der Waals surface area contributed by atoms with Gasteiger partial charge in [-0.05, 0) is 30.5 Å². The fraction of sp³-hybridized carbons (Fsp3) is 0.158. The standard InChI is InChI=1S/C19H16N4O2S2/c1-12-20-16(11-27-12)13-2-4-15(5-3-13)21-17(24)6-7-18-22-23-19(25-18)14-8-9-26-10-14/h2-5,8-11H,6-7H2,1H3,(H,21,24). The van der Waals surface area contributed by atoms with Gasteiger partial charge in [-0.3, -0.25) is 4.79 Å². The van der Waals surface area contributed by atoms with E-state index in [1.165, 1.54) is 0 Å². The van der Waals surface area contributed by atoms with Crippen LogP contribution in [0, 0.1) is 6.92 Å². The number of thiophene rings is 1. The topological polar surface area (TPSA) is 80.9 Å². The number of anilines is 1. The molecule has 0 aliphatic heterocycles. The zero-order valence-corrected chi connectivity index (χ0v) is 16.1. The normalized spacial score (nSPS) is 10.9. The summed E-state index contributed by atoms with van der Waals surface area (Å²) < 4.78 is 5.59. The van der Waals surface area contributed by atoms with E-state index in [1.54, 1.807) is 22.7 Å². The molecule has 1 N–H and O–H groups in total. The molecule has 0 saturated carbocycles. The average molecular weight is 396 g/mol. The molecule has 136 valence electrons. The Hall–Kier alpha value is -2.84. The zero-order chi connectivity index (χ0) is 18.6. The van der Waals surface area contributed by atoms with Gasteiger partial charge in [-0.15, -0.1) is 21.5 Å². The highest BCUT2D eigenvalue weighted by Gasteiger charge is 2.11. The van der Waals surface area contributed by atoms with Crippen molar-refractivity contribution in [2.75, 3.05) is 5.32 Å². The fourth-order valence-electron chi connectivity index (χ4n) is 2.52. The molecular formula is C19H16N4O2S2. The Morgan fingerprint density at radius 2 is 1.96 bits per heavy atom. The second kappa shape index (κ2) is 7.81. The minimum Gasteiger partial charge on any atom is -0.421 e. The predicted octanol–water partition coefficient (Wildman–Crippen LogP) is 4.80. The van der Waals surface area contributed by atoms with Crippen LogP contribution in [0.1, 0.15) is 17.3 Å². The van der Waals surface area contributed by atoms with Crippen molar-refractivity contribution >= 4 is 34.3 Å². The van der Waals surface area contributed by atoms with Crippen LogP contribution in [-0.4, -0.2) is 21.1 Å². The molecule has 0 bridgehead atoms. The Kier molecular flexibility index (Phi) is 5.08. The van der Waals surface area contributed by atoms with Crippen LogP contribution < -0.4 is 5.32 Å². The lowest BCUT2D eigenvalue weighted by atomic mass is 10.1. The van der Waals surface area contributed by atoms with E-state index in [9.17, 15) is 4.79 Å². The SMILES string of the molecule is Cc1nc(-c2ccc(NC(=O)CCc3nnc(-c4ccsc4)o3)cc2)cs1. The highest BCUT2D eigenvalue weighted by atomic mass is 32.1. The van der Waals surface area contributed by atoms with E-state index in [0.29, 0.717) is 18.2 Å². The summed E-state index contributed by atoms with van der Waals surface area (Å²) in [5.41, 5.74) is 3.64. The van der Waals surface area contributed by atoms with Crippen molar-refractivity contribution < 1.29 is 9.21 Å². The van der Waals surface area contributed by atoms with Crippen LogP contribution in [0.2, 0.25) is 0 Å². The molecule has 0 aliphatic rings. The second-order valence-electron chi connectivity index (χ2n) is 5.89. The van der Waals surface area contributed by atoms with Crippen molar-refractivity contribution in [1.29, 1.82) is 0 Å². The van der Waals surface area contributed by atoms with Crippen LogP contribution in [-0.2, 0) is 11.2 Å². The summed E-state index contributed by atoms with van der Waals surface area (Å²) in [5.74, 6) is 0.850. The number of hydrogen-bond acceptors (Lipinski definition) is 7. The first-order chi connectivity index (χ1) is 13.2. The van der Waals surface area contributed by atoms with Gasteiger partial charge in [0.15, 0.2) is 0 Å². The maximum atomic E-state index is 12.2. The van der Waals surface area contributed by atoms with E-state index in [-0.39, 0.29) is 12.3 Å². The molecule has 3 aromatic heterocycles. The Morgan fingerprint density at radius 3 is 2.67 bits per heavy atom. The van der Waals surface area contributed by atoms with Gasteiger partial charge >= 0.3 is 0 Å². The molecule has 6 nitrogen and oxygen atoms in total. The van der Waals surface area contributed by atoms with E-state index in [4.69, 9.17) is 4.42 Å². The third-order valence-electron chi connectivity index (χ3n) is 3.88. The van der Waals surface area contributed by atoms with Crippen molar-refractivity contribution in [3.8, 4) is 22.7 Å². The molecule has 0 spiro atoms. The zero-order valence-electron chi connectivity index (χ0n) is 14.5. The van der Waals surface area contributed by atoms with Crippen LogP contribution in [0.15, 0.2) is 50.9 Å². The van der Waals surface area contributed by atoms with Crippen molar-refractivity contribution in [2.45, 2.75) is 19.8 Å². The monoisotopic (exact) mass is 396 g/mol. The second-order valence-corrected chi connectivity index (χ2v) is 7.73. The molecule has 8 heteroatoms. The Morgan fingerprint density at radius 1 is 1.11 bits per heavy atom. The quantitative estimate of drug-likeness (QED) is 0.506. The number of aryl methyl sites for hydroxylation is 2. The summed E-state index contributed by atoms with van der Waals surface area (Å²) >= 11 is 3.19. The number of nitrogens with zero attached hydrogens (tertiary/aromatic N) is 3. The van der Waals surface area contributed by atoms with Gasteiger partial charge in [-0.1, -0.05) is 12.1 Å². The summed E-state index contributed by atoms with van der Waals surface area (Å²) in [6.45, 7) is 1.98. The number of amides is 1. The largest absolute Gasteiger partial charge is 0.421 e. The minimum absolute atomic E-state index is 0.0949. The van der Waals surface area contributed by atoms with Gasteiger partial charge in [0.25, 0.3) is 0 Å². The third-order valence-corrected chi connectivity index (χ3v) is 5.34. The molecule has 0 fully saturated rings. The molecule has 1 aromatic carbocycles. The van der Waals surface area contributed by atoms with E-state index in [2.05, 4.69) is 20.5 Å². The van der Waals surface area contributed by atoms with Gasteiger partial charge < -0.3 is 9.73 Å². The summed E-state index contributed by atoms with van der Waals surface area (Å²) in [5, 5.41) is 17.9. The molecule has 0 radical (unpaired) electrons. The lowest BCUT2D eigenvalue weighted by Crippen LogP contribution is -2.12. The summed E-state index contributed by atoms with van der Waals surface area (Å²) in [7, 11) is 0. The summed E-state index contributed by atoms with van der Waals surface area (Å²) in [6.07, 6.45) is 0.678. The van der Waals surface area contributed by atoms with E-state index in [1.807, 2.05) is 53.4 Å². The highest BCUT2D eigenvalue weighted by Crippen LogP contribution is 2.23. The number of carbonyl (C=O) groups is 1. The molecule has 27 heavy (non-hydrogen) atoms. The molecule has 0 saturated heterocycles. The third kappa shape index (κ3) is 4.29. The minimum atomic E-state index is -0.0949. The van der Waals surface area contributed by atoms with Crippen molar-refractivity contribution in [1.82, 2.24) is 15.2 Å². The molecule has 1 amide bonds. The molecule has 3 heterocycles. The Balaban J connectivity index is 1.31. The van der Waals surface area contributed by atoms with Gasteiger partial charge in [0.05, 0.1) is 10.7 Å². The number of rotatable bonds is 6. The van der Waals surface area contributed by atoms with Gasteiger partial charge in [-0.2, -0.15) is 11.3 Å². The van der Waals surface area contributed by atoms with Gasteiger partial charge in [0.2, 0.25) is 17.7 Å². The number of benzene rings is 1. The van der Waals surface area contributed by atoms with E-state index >= 15 is 0 Å². The van der Waals surface area contributed by atoms with Gasteiger partial charge in [0, 0.05) is 40.4 Å². The van der Waals surface area contributed by atoms with Crippen LogP contribution in [0.25, 0.3) is 22.7 Å². The Labute approximate surface area is 163 Å². The molecule has 0 unspecified atom stereocenters. The van der Waals surface area contributed by atoms with Crippen LogP contribution in [0.5, 0.6) is 0 Å². The van der Waals surface area contributed by atoms with Crippen molar-refractivity contribution in [3.05, 3.63) is 57.4 Å². The smallest absolute Gasteiger partial charge is 0.248 e. The number of aromatic nitrogens is 3. The van der Waals surface area contributed by atoms with Crippen LogP contribution >= 0.6 is 22.7 Å². The average Bonchev–Trinajstić information content (AvgIpc) is 3.42. The number of thiazole rings is 1. The van der Waals surface area contributed by atoms with Crippen molar-refractivity contribution in [2.24, 2.45) is 0 Å². The number of nitrogens with one attached hydrogen (secondary N) is 1. The summed E-state index contributed by atoms with van der Waals surface area (Å²) in [4.78, 5) is 16.6. The molecular weight excluding hydrogens is 380 g/mol. The lowest BCUT2D eigenvalue weighted by Gasteiger charge is -2.05. The summed E-state index contributed by atoms with van der Waals surface area (Å²) in [6, 6.07) is 9.59. The lowest BCUT2D eigenvalue weighted by molar-refractivity contribution is -0.116. The number of carbonyl (C=O) groups excluding carboxylic acids is 1. The first-order valence-corrected chi connectivity index (χ1v) is 10.2. The molecule has 0 atom stereocenters. The first-order valence-electron chi connectivity index (χ1n) is 8.35. The van der Waals surface area contributed by atoms with E-state index in [0.717, 1.165) is 27.5 Å². The first kappa shape index (κ1) is 17.6. The van der Waals surface area contributed by atoms with Gasteiger partial charge in [0.1, 0.15) is 0 Å². The molecule has 4 rings (SSSR count). The number of hydrogen-bond donors (Lipinski definition) is 1. The van der Waals surface area contributed by atoms with Gasteiger partial charge in [-0.25, -0.2) is 4.98 Å². The van der Waals surface area contributed by atoms with Crippen LogP contribution in [0.3, 0.4) is 0 Å². The maximum Gasteiger partial charge on any atom is 0.248 e. The van der Waals surface area contributed by atoms with E-state index < -0.39 is 0 Å². The van der Waals surface area contributed by atoms with Crippen LogP contribution in [0.4, 0.5) is 5.69 Å². The highest BCUT2D eigenvalue weighted by molar-refractivity contribution is 7.09. The van der Waals surface area contributed by atoms with Crippen molar-refractivity contribution in [3.63, 3.8) is 0 Å².